The van der Waals surface area contributed by atoms with Crippen LogP contribution in [0, 0.1) is 0 Å². The zero-order valence-corrected chi connectivity index (χ0v) is 48.5. The standard InChI is InChI=1S/C69H112O6/c1-4-7-10-13-16-19-22-25-27-28-29-30-31-32-33-34-35-36-37-38-39-40-42-44-47-50-53-56-59-62-68(71)74-65-66(64-73-67(70)61-58-55-52-49-46-43-24-21-18-15-12-9-6-3)75-69(72)63-60-57-54-51-48-45-41-26-23-20-17-14-11-8-5-2/h7-12,16-21,25-27,29-30,41,43,46,52,55,66H,4-6,13-15,22-24,28,31-40,42,44-45,47-51,53-54,56-65H2,1-3H3/b10-7-,11-8-,12-9-,19-16-,20-17-,21-18-,27-25-,30-29-,41-26-,46-43-,55-52-. The first-order chi connectivity index (χ1) is 37.0. The van der Waals surface area contributed by atoms with Gasteiger partial charge in [-0.05, 0) is 116 Å². The summed E-state index contributed by atoms with van der Waals surface area (Å²) in [5.74, 6) is -1.01. The van der Waals surface area contributed by atoms with Gasteiger partial charge in [0.1, 0.15) is 13.2 Å². The third-order valence-electron chi connectivity index (χ3n) is 12.6. The van der Waals surface area contributed by atoms with Gasteiger partial charge in [-0.1, -0.05) is 264 Å². The molecule has 0 aromatic rings. The van der Waals surface area contributed by atoms with E-state index >= 15 is 0 Å². The van der Waals surface area contributed by atoms with Crippen LogP contribution in [0.2, 0.25) is 0 Å². The summed E-state index contributed by atoms with van der Waals surface area (Å²) in [6, 6.07) is 0. The summed E-state index contributed by atoms with van der Waals surface area (Å²) in [5.41, 5.74) is 0. The summed E-state index contributed by atoms with van der Waals surface area (Å²) in [5, 5.41) is 0. The highest BCUT2D eigenvalue weighted by Gasteiger charge is 2.19. The smallest absolute Gasteiger partial charge is 0.306 e. The van der Waals surface area contributed by atoms with Gasteiger partial charge >= 0.3 is 17.9 Å². The van der Waals surface area contributed by atoms with Crippen LogP contribution < -0.4 is 0 Å². The predicted molar refractivity (Wildman–Crippen MR) is 325 cm³/mol. The third kappa shape index (κ3) is 60.3. The van der Waals surface area contributed by atoms with Crippen molar-refractivity contribution in [3.05, 3.63) is 134 Å². The van der Waals surface area contributed by atoms with Crippen LogP contribution in [0.25, 0.3) is 0 Å². The van der Waals surface area contributed by atoms with Crippen molar-refractivity contribution in [2.45, 2.75) is 271 Å². The molecule has 6 heteroatoms. The van der Waals surface area contributed by atoms with E-state index in [1.165, 1.54) is 89.9 Å². The molecule has 1 unspecified atom stereocenters. The lowest BCUT2D eigenvalue weighted by molar-refractivity contribution is -0.166. The van der Waals surface area contributed by atoms with Crippen molar-refractivity contribution in [3.63, 3.8) is 0 Å². The number of ether oxygens (including phenoxy) is 3. The molecule has 0 aromatic carbocycles. The largest absolute Gasteiger partial charge is 0.462 e. The van der Waals surface area contributed by atoms with Crippen molar-refractivity contribution in [3.8, 4) is 0 Å². The Balaban J connectivity index is 4.28. The fraction of sp³-hybridized carbons (Fsp3) is 0.638. The Morgan fingerprint density at radius 1 is 0.267 bits per heavy atom. The molecule has 0 amide bonds. The van der Waals surface area contributed by atoms with E-state index in [1.54, 1.807) is 0 Å². The lowest BCUT2D eigenvalue weighted by atomic mass is 10.0. The molecule has 424 valence electrons. The van der Waals surface area contributed by atoms with Crippen molar-refractivity contribution in [2.24, 2.45) is 0 Å². The van der Waals surface area contributed by atoms with Gasteiger partial charge < -0.3 is 14.2 Å². The first kappa shape index (κ1) is 70.5. The van der Waals surface area contributed by atoms with Crippen LogP contribution in [-0.4, -0.2) is 37.2 Å². The van der Waals surface area contributed by atoms with Gasteiger partial charge in [0, 0.05) is 19.3 Å². The van der Waals surface area contributed by atoms with Crippen LogP contribution in [0.3, 0.4) is 0 Å². The molecule has 0 fully saturated rings. The van der Waals surface area contributed by atoms with Gasteiger partial charge in [0.15, 0.2) is 6.10 Å². The lowest BCUT2D eigenvalue weighted by Crippen LogP contribution is -2.30. The van der Waals surface area contributed by atoms with Gasteiger partial charge in [-0.25, -0.2) is 0 Å². The molecular weight excluding hydrogens is 925 g/mol. The summed E-state index contributed by atoms with van der Waals surface area (Å²) in [6.45, 7) is 6.22. The van der Waals surface area contributed by atoms with Crippen LogP contribution in [0.1, 0.15) is 265 Å². The van der Waals surface area contributed by atoms with E-state index in [0.29, 0.717) is 19.3 Å². The number of carbonyl (C=O) groups excluding carboxylic acids is 3. The molecule has 0 saturated carbocycles. The van der Waals surface area contributed by atoms with Crippen molar-refractivity contribution in [1.82, 2.24) is 0 Å². The van der Waals surface area contributed by atoms with Crippen LogP contribution >= 0.6 is 0 Å². The number of rotatable bonds is 54. The van der Waals surface area contributed by atoms with Crippen LogP contribution in [0.4, 0.5) is 0 Å². The molecule has 0 aliphatic heterocycles. The number of esters is 3. The molecule has 0 heterocycles. The number of hydrogen-bond acceptors (Lipinski definition) is 6. The van der Waals surface area contributed by atoms with Gasteiger partial charge in [0.25, 0.3) is 0 Å². The maximum absolute atomic E-state index is 12.8. The van der Waals surface area contributed by atoms with E-state index in [2.05, 4.69) is 142 Å². The van der Waals surface area contributed by atoms with Crippen molar-refractivity contribution >= 4 is 17.9 Å². The highest BCUT2D eigenvalue weighted by Crippen LogP contribution is 2.16. The van der Waals surface area contributed by atoms with Crippen molar-refractivity contribution in [2.75, 3.05) is 13.2 Å². The molecule has 0 bridgehead atoms. The second kappa shape index (κ2) is 62.1. The molecule has 0 spiro atoms. The lowest BCUT2D eigenvalue weighted by Gasteiger charge is -2.18. The summed E-state index contributed by atoms with van der Waals surface area (Å²) in [7, 11) is 0. The van der Waals surface area contributed by atoms with Gasteiger partial charge in [-0.15, -0.1) is 0 Å². The highest BCUT2D eigenvalue weighted by molar-refractivity contribution is 5.71. The molecule has 0 rings (SSSR count). The SMILES string of the molecule is CC/C=C\C/C=C\C/C=C\C/C=C\CCCCCCCCCCCCCCCCCCC(=O)OCC(COC(=O)CC/C=C\C/C=C\C/C=C\C/C=C\CC)OC(=O)CCCCCCC/C=C\C/C=C\C/C=C\CC. The van der Waals surface area contributed by atoms with Gasteiger partial charge in [0.2, 0.25) is 0 Å². The summed E-state index contributed by atoms with van der Waals surface area (Å²) >= 11 is 0. The van der Waals surface area contributed by atoms with Crippen molar-refractivity contribution < 1.29 is 28.6 Å². The zero-order chi connectivity index (χ0) is 54.3. The molecule has 6 nitrogen and oxygen atoms in total. The maximum Gasteiger partial charge on any atom is 0.306 e. The van der Waals surface area contributed by atoms with Crippen molar-refractivity contribution in [1.29, 1.82) is 0 Å². The Morgan fingerprint density at radius 3 is 0.827 bits per heavy atom. The van der Waals surface area contributed by atoms with E-state index in [0.717, 1.165) is 128 Å². The molecule has 0 aliphatic carbocycles. The molecule has 1 atom stereocenters. The number of unbranched alkanes of at least 4 members (excludes halogenated alkanes) is 21. The van der Waals surface area contributed by atoms with E-state index in [9.17, 15) is 14.4 Å². The Bertz CT molecular complexity index is 1620. The van der Waals surface area contributed by atoms with E-state index in [1.807, 2.05) is 12.2 Å². The van der Waals surface area contributed by atoms with E-state index < -0.39 is 6.10 Å². The summed E-state index contributed by atoms with van der Waals surface area (Å²) in [6.07, 6.45) is 87.7. The Labute approximate surface area is 462 Å². The molecule has 0 N–H and O–H groups in total. The first-order valence-corrected chi connectivity index (χ1v) is 30.7. The van der Waals surface area contributed by atoms with Gasteiger partial charge in [-0.3, -0.25) is 14.4 Å². The maximum atomic E-state index is 12.8. The number of hydrogen-bond donors (Lipinski definition) is 0. The normalized spacial score (nSPS) is 13.1. The minimum Gasteiger partial charge on any atom is -0.462 e. The minimum absolute atomic E-state index is 0.109. The Morgan fingerprint density at radius 2 is 0.507 bits per heavy atom. The Kier molecular flexibility index (Phi) is 58.4. The van der Waals surface area contributed by atoms with E-state index in [-0.39, 0.29) is 37.5 Å². The molecule has 0 aliphatic rings. The van der Waals surface area contributed by atoms with Gasteiger partial charge in [-0.2, -0.15) is 0 Å². The zero-order valence-electron chi connectivity index (χ0n) is 48.5. The monoisotopic (exact) mass is 1040 g/mol. The number of carbonyl (C=O) groups is 3. The molecule has 0 aromatic heterocycles. The topological polar surface area (TPSA) is 78.9 Å². The first-order valence-electron chi connectivity index (χ1n) is 30.7. The quantitative estimate of drug-likeness (QED) is 0.0261. The molecule has 0 saturated heterocycles. The minimum atomic E-state index is -0.819. The van der Waals surface area contributed by atoms with Crippen LogP contribution in [0.5, 0.6) is 0 Å². The summed E-state index contributed by atoms with van der Waals surface area (Å²) < 4.78 is 16.8. The van der Waals surface area contributed by atoms with Crippen LogP contribution in [0.15, 0.2) is 134 Å². The number of allylic oxidation sites excluding steroid dienone is 22. The molecular formula is C69H112O6. The fourth-order valence-corrected chi connectivity index (χ4v) is 8.17. The van der Waals surface area contributed by atoms with Gasteiger partial charge in [0.05, 0.1) is 0 Å². The Hall–Kier alpha value is -4.45. The summed E-state index contributed by atoms with van der Waals surface area (Å²) in [4.78, 5) is 38.2. The average molecular weight is 1040 g/mol. The third-order valence-corrected chi connectivity index (χ3v) is 12.6. The second-order valence-corrected chi connectivity index (χ2v) is 19.8. The van der Waals surface area contributed by atoms with E-state index in [4.69, 9.17) is 14.2 Å². The molecule has 0 radical (unpaired) electrons. The van der Waals surface area contributed by atoms with Crippen LogP contribution in [-0.2, 0) is 28.6 Å². The predicted octanol–water partition coefficient (Wildman–Crippen LogP) is 21.0. The highest BCUT2D eigenvalue weighted by atomic mass is 16.6. The second-order valence-electron chi connectivity index (χ2n) is 19.8. The fourth-order valence-electron chi connectivity index (χ4n) is 8.17. The average Bonchev–Trinajstić information content (AvgIpc) is 3.41. The molecule has 75 heavy (non-hydrogen) atoms.